The molecule has 0 fully saturated rings. The number of fused-ring (bicyclic) bond motifs is 1. The summed E-state index contributed by atoms with van der Waals surface area (Å²) in [6.45, 7) is 7.39. The molecule has 1 aromatic heterocycles. The minimum absolute atomic E-state index is 0.120. The highest BCUT2D eigenvalue weighted by Crippen LogP contribution is 2.21. The molecule has 2 N–H and O–H groups in total. The first-order chi connectivity index (χ1) is 10.0. The largest absolute Gasteiger partial charge is 0.338 e. The van der Waals surface area contributed by atoms with E-state index in [0.717, 1.165) is 29.0 Å². The van der Waals surface area contributed by atoms with Crippen LogP contribution < -0.4 is 5.32 Å². The number of hydrogen-bond donors (Lipinski definition) is 2. The Kier molecular flexibility index (Phi) is 3.52. The number of imidazole rings is 1. The molecule has 0 amide bonds. The van der Waals surface area contributed by atoms with Crippen molar-refractivity contribution in [3.63, 3.8) is 0 Å². The van der Waals surface area contributed by atoms with Gasteiger partial charge >= 0.3 is 0 Å². The van der Waals surface area contributed by atoms with Crippen LogP contribution in [0, 0.1) is 0 Å². The number of hydrogen-bond acceptors (Lipinski definition) is 2. The lowest BCUT2D eigenvalue weighted by Crippen LogP contribution is -2.35. The van der Waals surface area contributed by atoms with E-state index in [0.29, 0.717) is 0 Å². The molecule has 3 aromatic rings. The summed E-state index contributed by atoms with van der Waals surface area (Å²) in [5, 5.41) is 3.51. The molecule has 0 spiro atoms. The van der Waals surface area contributed by atoms with Crippen molar-refractivity contribution in [3.05, 3.63) is 54.1 Å². The first-order valence-electron chi connectivity index (χ1n) is 7.30. The molecule has 0 unspecified atom stereocenters. The summed E-state index contributed by atoms with van der Waals surface area (Å²) in [5.41, 5.74) is 4.59. The highest BCUT2D eigenvalue weighted by atomic mass is 14.9. The van der Waals surface area contributed by atoms with E-state index in [9.17, 15) is 0 Å². The van der Waals surface area contributed by atoms with E-state index in [1.807, 2.05) is 18.2 Å². The van der Waals surface area contributed by atoms with E-state index in [-0.39, 0.29) is 5.54 Å². The van der Waals surface area contributed by atoms with Crippen LogP contribution in [-0.4, -0.2) is 15.5 Å². The summed E-state index contributed by atoms with van der Waals surface area (Å²) in [5.74, 6) is 0.925. The lowest BCUT2D eigenvalue weighted by atomic mass is 10.1. The summed E-state index contributed by atoms with van der Waals surface area (Å²) in [6, 6.07) is 16.6. The molecule has 1 heterocycles. The third-order valence-electron chi connectivity index (χ3n) is 3.41. The number of aromatic amines is 1. The third-order valence-corrected chi connectivity index (χ3v) is 3.41. The number of nitrogens with zero attached hydrogens (tertiary/aromatic N) is 1. The summed E-state index contributed by atoms with van der Waals surface area (Å²) >= 11 is 0. The zero-order chi connectivity index (χ0) is 14.9. The topological polar surface area (TPSA) is 40.7 Å². The zero-order valence-corrected chi connectivity index (χ0v) is 12.8. The first kappa shape index (κ1) is 13.8. The summed E-state index contributed by atoms with van der Waals surface area (Å²) in [6.07, 6.45) is 0. The fraction of sp³-hybridized carbons (Fsp3) is 0.278. The Balaban J connectivity index is 1.88. The molecule has 0 saturated carbocycles. The monoisotopic (exact) mass is 279 g/mol. The molecule has 3 heteroatoms. The van der Waals surface area contributed by atoms with E-state index in [2.05, 4.69) is 66.4 Å². The van der Waals surface area contributed by atoms with Crippen molar-refractivity contribution >= 4 is 11.0 Å². The number of nitrogens with one attached hydrogen (secondary N) is 2. The van der Waals surface area contributed by atoms with Crippen molar-refractivity contribution in [1.82, 2.24) is 15.3 Å². The van der Waals surface area contributed by atoms with Gasteiger partial charge in [-0.3, -0.25) is 0 Å². The normalized spacial score (nSPS) is 12.0. The van der Waals surface area contributed by atoms with Gasteiger partial charge in [-0.2, -0.15) is 0 Å². The Morgan fingerprint density at radius 2 is 1.86 bits per heavy atom. The molecule has 0 radical (unpaired) electrons. The maximum absolute atomic E-state index is 4.66. The van der Waals surface area contributed by atoms with Gasteiger partial charge in [0.1, 0.15) is 5.82 Å². The van der Waals surface area contributed by atoms with Crippen LogP contribution in [0.2, 0.25) is 0 Å². The quantitative estimate of drug-likeness (QED) is 0.757. The minimum Gasteiger partial charge on any atom is -0.338 e. The highest BCUT2D eigenvalue weighted by molar-refractivity contribution is 5.79. The van der Waals surface area contributed by atoms with Crippen LogP contribution >= 0.6 is 0 Å². The maximum Gasteiger partial charge on any atom is 0.138 e. The van der Waals surface area contributed by atoms with Crippen molar-refractivity contribution < 1.29 is 0 Å². The Morgan fingerprint density at radius 3 is 2.62 bits per heavy atom. The summed E-state index contributed by atoms with van der Waals surface area (Å²) in [7, 11) is 0. The minimum atomic E-state index is 0.120. The Hall–Kier alpha value is -2.13. The van der Waals surface area contributed by atoms with Crippen molar-refractivity contribution in [2.75, 3.05) is 0 Å². The number of para-hydroxylation sites is 2. The fourth-order valence-electron chi connectivity index (χ4n) is 2.29. The summed E-state index contributed by atoms with van der Waals surface area (Å²) in [4.78, 5) is 8.04. The van der Waals surface area contributed by atoms with E-state index in [1.165, 1.54) is 5.56 Å². The third kappa shape index (κ3) is 3.31. The second-order valence-corrected chi connectivity index (χ2v) is 6.41. The van der Waals surface area contributed by atoms with Gasteiger partial charge in [0.15, 0.2) is 0 Å². The molecule has 108 valence electrons. The standard InChI is InChI=1S/C18H21N3/c1-18(2,3)19-12-13-7-6-8-14(11-13)17-20-15-9-4-5-10-16(15)21-17/h4-11,19H,12H2,1-3H3,(H,20,21). The Bertz CT molecular complexity index is 717. The highest BCUT2D eigenvalue weighted by Gasteiger charge is 2.09. The smallest absolute Gasteiger partial charge is 0.138 e. The van der Waals surface area contributed by atoms with E-state index < -0.39 is 0 Å². The van der Waals surface area contributed by atoms with E-state index >= 15 is 0 Å². The molecule has 21 heavy (non-hydrogen) atoms. The number of rotatable bonds is 3. The molecular formula is C18H21N3. The Labute approximate surface area is 125 Å². The van der Waals surface area contributed by atoms with Gasteiger partial charge in [0, 0.05) is 17.6 Å². The summed E-state index contributed by atoms with van der Waals surface area (Å²) < 4.78 is 0. The molecule has 0 aliphatic heterocycles. The van der Waals surface area contributed by atoms with Gasteiger partial charge in [0.25, 0.3) is 0 Å². The second-order valence-electron chi connectivity index (χ2n) is 6.41. The van der Waals surface area contributed by atoms with Crippen molar-refractivity contribution in [3.8, 4) is 11.4 Å². The molecule has 3 rings (SSSR count). The van der Waals surface area contributed by atoms with Crippen LogP contribution in [0.3, 0.4) is 0 Å². The van der Waals surface area contributed by atoms with Crippen molar-refractivity contribution in [1.29, 1.82) is 0 Å². The molecular weight excluding hydrogens is 258 g/mol. The number of benzene rings is 2. The van der Waals surface area contributed by atoms with Crippen molar-refractivity contribution in [2.45, 2.75) is 32.9 Å². The molecule has 2 aromatic carbocycles. The van der Waals surface area contributed by atoms with Crippen LogP contribution in [0.5, 0.6) is 0 Å². The average Bonchev–Trinajstić information content (AvgIpc) is 2.89. The zero-order valence-electron chi connectivity index (χ0n) is 12.8. The molecule has 3 nitrogen and oxygen atoms in total. The van der Waals surface area contributed by atoms with Gasteiger partial charge < -0.3 is 10.3 Å². The van der Waals surface area contributed by atoms with Crippen LogP contribution in [0.4, 0.5) is 0 Å². The van der Waals surface area contributed by atoms with Gasteiger partial charge in [-0.05, 0) is 44.5 Å². The van der Waals surface area contributed by atoms with Gasteiger partial charge in [-0.15, -0.1) is 0 Å². The molecule has 0 aliphatic carbocycles. The van der Waals surface area contributed by atoms with Gasteiger partial charge in [-0.25, -0.2) is 4.98 Å². The van der Waals surface area contributed by atoms with Gasteiger partial charge in [-0.1, -0.05) is 30.3 Å². The lowest BCUT2D eigenvalue weighted by Gasteiger charge is -2.20. The van der Waals surface area contributed by atoms with Crippen molar-refractivity contribution in [2.24, 2.45) is 0 Å². The average molecular weight is 279 g/mol. The number of H-pyrrole nitrogens is 1. The molecule has 0 atom stereocenters. The molecule has 0 bridgehead atoms. The van der Waals surface area contributed by atoms with Crippen LogP contribution in [0.25, 0.3) is 22.4 Å². The predicted molar refractivity (Wildman–Crippen MR) is 88.1 cm³/mol. The predicted octanol–water partition coefficient (Wildman–Crippen LogP) is 4.12. The Morgan fingerprint density at radius 1 is 1.05 bits per heavy atom. The molecule has 0 saturated heterocycles. The van der Waals surface area contributed by atoms with Gasteiger partial charge in [0.05, 0.1) is 11.0 Å². The second kappa shape index (κ2) is 5.34. The number of aromatic nitrogens is 2. The van der Waals surface area contributed by atoms with Crippen LogP contribution in [-0.2, 0) is 6.54 Å². The van der Waals surface area contributed by atoms with E-state index in [1.54, 1.807) is 0 Å². The fourth-order valence-corrected chi connectivity index (χ4v) is 2.29. The van der Waals surface area contributed by atoms with E-state index in [4.69, 9.17) is 0 Å². The van der Waals surface area contributed by atoms with Crippen LogP contribution in [0.1, 0.15) is 26.3 Å². The SMILES string of the molecule is CC(C)(C)NCc1cccc(-c2nc3ccccc3[nH]2)c1. The lowest BCUT2D eigenvalue weighted by molar-refractivity contribution is 0.424. The van der Waals surface area contributed by atoms with Gasteiger partial charge in [0.2, 0.25) is 0 Å². The van der Waals surface area contributed by atoms with Crippen LogP contribution in [0.15, 0.2) is 48.5 Å². The maximum atomic E-state index is 4.66. The molecule has 0 aliphatic rings. The first-order valence-corrected chi connectivity index (χ1v) is 7.30.